The highest BCUT2D eigenvalue weighted by atomic mass is 19.1. The van der Waals surface area contributed by atoms with Crippen molar-refractivity contribution in [1.82, 2.24) is 24.8 Å². The zero-order valence-electron chi connectivity index (χ0n) is 18.7. The third-order valence-corrected chi connectivity index (χ3v) is 5.98. The molecule has 0 saturated carbocycles. The third-order valence-electron chi connectivity index (χ3n) is 5.98. The Balaban J connectivity index is 1.32. The Kier molecular flexibility index (Phi) is 6.56. The minimum atomic E-state index is -0.579. The minimum Gasteiger partial charge on any atom is -0.379 e. The SMILES string of the molecule is N#Cc1cc(-c2nc(Nc3ccc(CN4CCOCC4)nc3)ncc2F)cnc1N1CCCC1. The highest BCUT2D eigenvalue weighted by molar-refractivity contribution is 5.67. The molecular formula is C24H25FN8O. The Morgan fingerprint density at radius 1 is 1.03 bits per heavy atom. The molecule has 5 heterocycles. The quantitative estimate of drug-likeness (QED) is 0.594. The lowest BCUT2D eigenvalue weighted by Gasteiger charge is -2.26. The van der Waals surface area contributed by atoms with Crippen molar-refractivity contribution in [3.8, 4) is 17.3 Å². The van der Waals surface area contributed by atoms with Gasteiger partial charge < -0.3 is 15.0 Å². The van der Waals surface area contributed by atoms with Gasteiger partial charge in [0.05, 0.1) is 42.6 Å². The van der Waals surface area contributed by atoms with E-state index in [4.69, 9.17) is 4.74 Å². The van der Waals surface area contributed by atoms with Crippen LogP contribution in [-0.4, -0.2) is 64.2 Å². The normalized spacial score (nSPS) is 16.4. The first kappa shape index (κ1) is 22.1. The molecule has 0 amide bonds. The van der Waals surface area contributed by atoms with Gasteiger partial charge in [0.1, 0.15) is 17.6 Å². The van der Waals surface area contributed by atoms with Crippen LogP contribution in [-0.2, 0) is 11.3 Å². The molecule has 0 radical (unpaired) electrons. The van der Waals surface area contributed by atoms with E-state index in [1.54, 1.807) is 18.5 Å². The monoisotopic (exact) mass is 460 g/mol. The number of anilines is 3. The molecule has 3 aromatic heterocycles. The number of aromatic nitrogens is 4. The number of morpholine rings is 1. The van der Waals surface area contributed by atoms with E-state index in [-0.39, 0.29) is 11.6 Å². The Hall–Kier alpha value is -3.68. The van der Waals surface area contributed by atoms with Crippen LogP contribution in [0.15, 0.2) is 36.8 Å². The molecule has 0 unspecified atom stereocenters. The van der Waals surface area contributed by atoms with Crippen LogP contribution in [0.2, 0.25) is 0 Å². The standard InChI is InChI=1S/C24H25FN8O/c25-21-15-29-24(30-19-3-4-20(27-14-19)16-32-7-9-34-10-8-32)31-22(21)18-11-17(12-26)23(28-13-18)33-5-1-2-6-33/h3-4,11,13-15H,1-2,5-10,16H2,(H,29,30,31). The Bertz CT molecular complexity index is 1180. The lowest BCUT2D eigenvalue weighted by molar-refractivity contribution is 0.0336. The van der Waals surface area contributed by atoms with Gasteiger partial charge in [-0.25, -0.2) is 19.3 Å². The fourth-order valence-corrected chi connectivity index (χ4v) is 4.19. The van der Waals surface area contributed by atoms with E-state index < -0.39 is 5.82 Å². The Morgan fingerprint density at radius 2 is 1.85 bits per heavy atom. The fourth-order valence-electron chi connectivity index (χ4n) is 4.19. The van der Waals surface area contributed by atoms with E-state index in [9.17, 15) is 9.65 Å². The van der Waals surface area contributed by atoms with E-state index in [0.717, 1.165) is 70.7 Å². The summed E-state index contributed by atoms with van der Waals surface area (Å²) in [5, 5.41) is 12.7. The van der Waals surface area contributed by atoms with E-state index in [2.05, 4.69) is 41.1 Å². The molecule has 9 nitrogen and oxygen atoms in total. The van der Waals surface area contributed by atoms with E-state index in [1.807, 2.05) is 12.1 Å². The topological polar surface area (TPSA) is 103 Å². The second kappa shape index (κ2) is 10.1. The molecule has 3 aromatic rings. The van der Waals surface area contributed by atoms with Crippen LogP contribution >= 0.6 is 0 Å². The molecule has 5 rings (SSSR count). The number of nitrogens with zero attached hydrogens (tertiary/aromatic N) is 7. The van der Waals surface area contributed by atoms with Crippen molar-refractivity contribution in [3.05, 3.63) is 53.9 Å². The summed E-state index contributed by atoms with van der Waals surface area (Å²) >= 11 is 0. The van der Waals surface area contributed by atoms with Crippen molar-refractivity contribution < 1.29 is 9.13 Å². The summed E-state index contributed by atoms with van der Waals surface area (Å²) in [5.74, 6) is 0.296. The van der Waals surface area contributed by atoms with Crippen LogP contribution in [0, 0.1) is 17.1 Å². The van der Waals surface area contributed by atoms with Crippen molar-refractivity contribution in [2.75, 3.05) is 49.6 Å². The summed E-state index contributed by atoms with van der Waals surface area (Å²) < 4.78 is 20.0. The van der Waals surface area contributed by atoms with Gasteiger partial charge in [0.25, 0.3) is 0 Å². The molecule has 0 aliphatic carbocycles. The second-order valence-electron chi connectivity index (χ2n) is 8.34. The number of rotatable bonds is 6. The largest absolute Gasteiger partial charge is 0.379 e. The number of hydrogen-bond donors (Lipinski definition) is 1. The van der Waals surface area contributed by atoms with Gasteiger partial charge in [-0.2, -0.15) is 5.26 Å². The maximum Gasteiger partial charge on any atom is 0.227 e. The Morgan fingerprint density at radius 3 is 2.59 bits per heavy atom. The lowest BCUT2D eigenvalue weighted by Crippen LogP contribution is -2.35. The van der Waals surface area contributed by atoms with Crippen LogP contribution in [0.5, 0.6) is 0 Å². The molecule has 0 spiro atoms. The first-order valence-electron chi connectivity index (χ1n) is 11.4. The molecule has 174 valence electrons. The summed E-state index contributed by atoms with van der Waals surface area (Å²) in [6.07, 6.45) is 6.54. The van der Waals surface area contributed by atoms with Crippen molar-refractivity contribution in [2.24, 2.45) is 0 Å². The average molecular weight is 461 g/mol. The van der Waals surface area contributed by atoms with Crippen molar-refractivity contribution in [1.29, 1.82) is 5.26 Å². The van der Waals surface area contributed by atoms with Gasteiger partial charge >= 0.3 is 0 Å². The van der Waals surface area contributed by atoms with Gasteiger partial charge in [-0.1, -0.05) is 0 Å². The predicted molar refractivity (Wildman–Crippen MR) is 125 cm³/mol. The maximum atomic E-state index is 14.6. The average Bonchev–Trinajstić information content (AvgIpc) is 3.41. The highest BCUT2D eigenvalue weighted by Crippen LogP contribution is 2.28. The van der Waals surface area contributed by atoms with Gasteiger partial charge in [0.15, 0.2) is 5.82 Å². The van der Waals surface area contributed by atoms with Crippen LogP contribution in [0.25, 0.3) is 11.3 Å². The second-order valence-corrected chi connectivity index (χ2v) is 8.34. The number of pyridine rings is 2. The number of nitriles is 1. The smallest absolute Gasteiger partial charge is 0.227 e. The Labute approximate surface area is 197 Å². The number of ether oxygens (including phenoxy) is 1. The maximum absolute atomic E-state index is 14.6. The summed E-state index contributed by atoms with van der Waals surface area (Å²) in [6.45, 7) is 5.80. The molecule has 34 heavy (non-hydrogen) atoms. The van der Waals surface area contributed by atoms with E-state index in [0.29, 0.717) is 22.6 Å². The fraction of sp³-hybridized carbons (Fsp3) is 0.375. The molecule has 2 aliphatic rings. The molecule has 0 bridgehead atoms. The molecule has 0 atom stereocenters. The molecular weight excluding hydrogens is 435 g/mol. The molecule has 10 heteroatoms. The van der Waals surface area contributed by atoms with E-state index in [1.165, 1.54) is 0 Å². The molecule has 2 fully saturated rings. The lowest BCUT2D eigenvalue weighted by atomic mass is 10.1. The van der Waals surface area contributed by atoms with Crippen molar-refractivity contribution >= 4 is 17.5 Å². The van der Waals surface area contributed by atoms with E-state index >= 15 is 0 Å². The van der Waals surface area contributed by atoms with Gasteiger partial charge in [0.2, 0.25) is 5.95 Å². The summed E-state index contributed by atoms with van der Waals surface area (Å²) in [5.41, 5.74) is 2.59. The van der Waals surface area contributed by atoms with Gasteiger partial charge in [-0.3, -0.25) is 9.88 Å². The molecule has 0 aromatic carbocycles. The van der Waals surface area contributed by atoms with Gasteiger partial charge in [0, 0.05) is 44.5 Å². The summed E-state index contributed by atoms with van der Waals surface area (Å²) in [7, 11) is 0. The molecule has 1 N–H and O–H groups in total. The number of nitrogens with one attached hydrogen (secondary N) is 1. The molecule has 2 saturated heterocycles. The first-order chi connectivity index (χ1) is 16.7. The molecule has 2 aliphatic heterocycles. The first-order valence-corrected chi connectivity index (χ1v) is 11.4. The van der Waals surface area contributed by atoms with Crippen LogP contribution < -0.4 is 10.2 Å². The van der Waals surface area contributed by atoms with Crippen LogP contribution in [0.4, 0.5) is 21.8 Å². The van der Waals surface area contributed by atoms with Gasteiger partial charge in [-0.15, -0.1) is 0 Å². The summed E-state index contributed by atoms with van der Waals surface area (Å²) in [6, 6.07) is 7.67. The zero-order chi connectivity index (χ0) is 23.3. The minimum absolute atomic E-state index is 0.0892. The highest BCUT2D eigenvalue weighted by Gasteiger charge is 2.19. The predicted octanol–water partition coefficient (Wildman–Crippen LogP) is 3.12. The van der Waals surface area contributed by atoms with Crippen molar-refractivity contribution in [3.63, 3.8) is 0 Å². The summed E-state index contributed by atoms with van der Waals surface area (Å²) in [4.78, 5) is 21.8. The van der Waals surface area contributed by atoms with Gasteiger partial charge in [-0.05, 0) is 31.0 Å². The number of hydrogen-bond acceptors (Lipinski definition) is 9. The zero-order valence-corrected chi connectivity index (χ0v) is 18.7. The van der Waals surface area contributed by atoms with Crippen LogP contribution in [0.1, 0.15) is 24.1 Å². The van der Waals surface area contributed by atoms with Crippen LogP contribution in [0.3, 0.4) is 0 Å². The number of halogens is 1. The van der Waals surface area contributed by atoms with Crippen molar-refractivity contribution in [2.45, 2.75) is 19.4 Å². The third kappa shape index (κ3) is 4.95.